The van der Waals surface area contributed by atoms with Gasteiger partial charge in [-0.1, -0.05) is 37.2 Å². The molecule has 22 heavy (non-hydrogen) atoms. The van der Waals surface area contributed by atoms with E-state index in [9.17, 15) is 0 Å². The van der Waals surface area contributed by atoms with Crippen LogP contribution in [0.5, 0.6) is 0 Å². The molecule has 1 atom stereocenters. The van der Waals surface area contributed by atoms with Crippen LogP contribution >= 0.6 is 23.4 Å². The van der Waals surface area contributed by atoms with Crippen molar-refractivity contribution in [1.82, 2.24) is 15.0 Å². The summed E-state index contributed by atoms with van der Waals surface area (Å²) in [6.07, 6.45) is 4.15. The van der Waals surface area contributed by atoms with Crippen molar-refractivity contribution in [2.75, 3.05) is 5.73 Å². The van der Waals surface area contributed by atoms with E-state index >= 15 is 0 Å². The third-order valence-electron chi connectivity index (χ3n) is 3.66. The van der Waals surface area contributed by atoms with Gasteiger partial charge >= 0.3 is 0 Å². The Labute approximate surface area is 140 Å². The number of nitrogens with zero attached hydrogens (tertiary/aromatic N) is 3. The molecule has 0 saturated heterocycles. The summed E-state index contributed by atoms with van der Waals surface area (Å²) in [4.78, 5) is 12.9. The summed E-state index contributed by atoms with van der Waals surface area (Å²) in [5.41, 5.74) is 8.08. The molecule has 2 rings (SSSR count). The molecule has 4 nitrogen and oxygen atoms in total. The Morgan fingerprint density at radius 2 is 1.95 bits per heavy atom. The molecular weight excluding hydrogens is 316 g/mol. The van der Waals surface area contributed by atoms with Crippen molar-refractivity contribution < 1.29 is 0 Å². The van der Waals surface area contributed by atoms with Crippen molar-refractivity contribution in [2.45, 2.75) is 49.9 Å². The third kappa shape index (κ3) is 4.34. The molecule has 0 aliphatic heterocycles. The van der Waals surface area contributed by atoms with E-state index in [1.165, 1.54) is 17.3 Å². The summed E-state index contributed by atoms with van der Waals surface area (Å²) < 4.78 is 0. The molecule has 1 unspecified atom stereocenters. The van der Waals surface area contributed by atoms with Crippen molar-refractivity contribution in [3.05, 3.63) is 40.8 Å². The van der Waals surface area contributed by atoms with Crippen molar-refractivity contribution in [3.63, 3.8) is 0 Å². The molecular formula is C16H21ClN4S. The number of halogens is 1. The Kier molecular flexibility index (Phi) is 6.03. The molecule has 2 aromatic heterocycles. The lowest BCUT2D eigenvalue weighted by Crippen LogP contribution is -2.01. The van der Waals surface area contributed by atoms with Gasteiger partial charge in [0, 0.05) is 12.3 Å². The van der Waals surface area contributed by atoms with Gasteiger partial charge in [-0.05, 0) is 43.4 Å². The molecule has 0 fully saturated rings. The second-order valence-electron chi connectivity index (χ2n) is 5.19. The average Bonchev–Trinajstić information content (AvgIpc) is 2.47. The number of pyridine rings is 1. The van der Waals surface area contributed by atoms with E-state index in [2.05, 4.69) is 47.9 Å². The van der Waals surface area contributed by atoms with E-state index in [0.29, 0.717) is 22.0 Å². The van der Waals surface area contributed by atoms with E-state index in [1.54, 1.807) is 6.07 Å². The third-order valence-corrected chi connectivity index (χ3v) is 4.84. The van der Waals surface area contributed by atoms with Crippen LogP contribution in [0, 0.1) is 0 Å². The molecule has 0 saturated carbocycles. The minimum Gasteiger partial charge on any atom is -0.384 e. The first-order chi connectivity index (χ1) is 10.5. The Morgan fingerprint density at radius 1 is 1.23 bits per heavy atom. The summed E-state index contributed by atoms with van der Waals surface area (Å²) in [6, 6.07) is 5.83. The van der Waals surface area contributed by atoms with Crippen LogP contribution in [-0.2, 0) is 0 Å². The summed E-state index contributed by atoms with van der Waals surface area (Å²) in [5, 5.41) is 1.07. The molecule has 118 valence electrons. The molecule has 0 aliphatic carbocycles. The second kappa shape index (κ2) is 7.79. The van der Waals surface area contributed by atoms with Crippen LogP contribution in [0.4, 0.5) is 5.82 Å². The van der Waals surface area contributed by atoms with Crippen molar-refractivity contribution in [2.24, 2.45) is 0 Å². The lowest BCUT2D eigenvalue weighted by Gasteiger charge is -2.16. The minimum absolute atomic E-state index is 0.132. The van der Waals surface area contributed by atoms with Crippen LogP contribution in [0.1, 0.15) is 56.0 Å². The first-order valence-electron chi connectivity index (χ1n) is 7.46. The predicted molar refractivity (Wildman–Crippen MR) is 93.3 cm³/mol. The molecule has 0 bridgehead atoms. The highest BCUT2D eigenvalue weighted by molar-refractivity contribution is 7.99. The van der Waals surface area contributed by atoms with Crippen LogP contribution < -0.4 is 5.73 Å². The van der Waals surface area contributed by atoms with Gasteiger partial charge in [-0.25, -0.2) is 9.97 Å². The van der Waals surface area contributed by atoms with Crippen LogP contribution in [-0.4, -0.2) is 15.0 Å². The second-order valence-corrected chi connectivity index (χ2v) is 6.88. The zero-order valence-electron chi connectivity index (χ0n) is 13.1. The number of hydrogen-bond donors (Lipinski definition) is 1. The van der Waals surface area contributed by atoms with Gasteiger partial charge in [0.2, 0.25) is 0 Å². The standard InChI is InChI=1S/C16H21ClN4S/c1-4-11(5-2)12-6-7-19-13(8-12)10(3)22-16-20-14(17)9-15(18)21-16/h6-11H,4-5H2,1-3H3,(H2,18,20,21). The molecule has 0 spiro atoms. The molecule has 2 heterocycles. The Balaban J connectivity index is 2.18. The van der Waals surface area contributed by atoms with Gasteiger partial charge in [0.25, 0.3) is 0 Å². The van der Waals surface area contributed by atoms with E-state index < -0.39 is 0 Å². The SMILES string of the molecule is CCC(CC)c1ccnc(C(C)Sc2nc(N)cc(Cl)n2)c1. The number of nitrogens with two attached hydrogens (primary N) is 1. The quantitative estimate of drug-likeness (QED) is 0.463. The Morgan fingerprint density at radius 3 is 2.59 bits per heavy atom. The maximum Gasteiger partial charge on any atom is 0.191 e. The van der Waals surface area contributed by atoms with Crippen LogP contribution in [0.15, 0.2) is 29.6 Å². The molecule has 2 N–H and O–H groups in total. The summed E-state index contributed by atoms with van der Waals surface area (Å²) >= 11 is 7.44. The number of nitrogen functional groups attached to an aromatic ring is 1. The Hall–Kier alpha value is -1.33. The maximum absolute atomic E-state index is 5.92. The van der Waals surface area contributed by atoms with E-state index in [1.807, 2.05) is 6.20 Å². The number of aromatic nitrogens is 3. The van der Waals surface area contributed by atoms with Crippen molar-refractivity contribution >= 4 is 29.2 Å². The fourth-order valence-electron chi connectivity index (χ4n) is 2.39. The van der Waals surface area contributed by atoms with E-state index in [0.717, 1.165) is 18.5 Å². The smallest absolute Gasteiger partial charge is 0.191 e. The molecule has 0 amide bonds. The fraction of sp³-hybridized carbons (Fsp3) is 0.438. The zero-order valence-corrected chi connectivity index (χ0v) is 14.7. The van der Waals surface area contributed by atoms with Gasteiger partial charge in [0.1, 0.15) is 11.0 Å². The van der Waals surface area contributed by atoms with Crippen LogP contribution in [0.3, 0.4) is 0 Å². The predicted octanol–water partition coefficient (Wildman–Crippen LogP) is 4.86. The number of anilines is 1. The lowest BCUT2D eigenvalue weighted by molar-refractivity contribution is 0.639. The van der Waals surface area contributed by atoms with Gasteiger partial charge in [-0.15, -0.1) is 0 Å². The topological polar surface area (TPSA) is 64.7 Å². The van der Waals surface area contributed by atoms with Crippen molar-refractivity contribution in [1.29, 1.82) is 0 Å². The van der Waals surface area contributed by atoms with Gasteiger partial charge in [-0.3, -0.25) is 4.98 Å². The molecule has 6 heteroatoms. The average molecular weight is 337 g/mol. The molecule has 0 aliphatic rings. The van der Waals surface area contributed by atoms with Gasteiger partial charge in [-0.2, -0.15) is 0 Å². The monoisotopic (exact) mass is 336 g/mol. The lowest BCUT2D eigenvalue weighted by atomic mass is 9.94. The summed E-state index contributed by atoms with van der Waals surface area (Å²) in [7, 11) is 0. The van der Waals surface area contributed by atoms with E-state index in [-0.39, 0.29) is 5.25 Å². The maximum atomic E-state index is 5.92. The highest BCUT2D eigenvalue weighted by atomic mass is 35.5. The molecule has 2 aromatic rings. The highest BCUT2D eigenvalue weighted by Gasteiger charge is 2.14. The highest BCUT2D eigenvalue weighted by Crippen LogP contribution is 2.34. The van der Waals surface area contributed by atoms with Gasteiger partial charge in [0.15, 0.2) is 5.16 Å². The van der Waals surface area contributed by atoms with E-state index in [4.69, 9.17) is 17.3 Å². The summed E-state index contributed by atoms with van der Waals surface area (Å²) in [6.45, 7) is 6.52. The molecule has 0 radical (unpaired) electrons. The van der Waals surface area contributed by atoms with Crippen LogP contribution in [0.25, 0.3) is 0 Å². The summed E-state index contributed by atoms with van der Waals surface area (Å²) in [5.74, 6) is 0.963. The number of hydrogen-bond acceptors (Lipinski definition) is 5. The number of thioether (sulfide) groups is 1. The van der Waals surface area contributed by atoms with Gasteiger partial charge in [0.05, 0.1) is 10.9 Å². The first-order valence-corrected chi connectivity index (χ1v) is 8.71. The Bertz CT molecular complexity index is 611. The fourth-order valence-corrected chi connectivity index (χ4v) is 3.50. The minimum atomic E-state index is 0.132. The first kappa shape index (κ1) is 17.0. The molecule has 0 aromatic carbocycles. The number of rotatable bonds is 6. The largest absolute Gasteiger partial charge is 0.384 e. The van der Waals surface area contributed by atoms with Crippen molar-refractivity contribution in [3.8, 4) is 0 Å². The normalized spacial score (nSPS) is 12.6. The van der Waals surface area contributed by atoms with Crippen LogP contribution in [0.2, 0.25) is 5.15 Å². The van der Waals surface area contributed by atoms with Gasteiger partial charge < -0.3 is 5.73 Å². The zero-order chi connectivity index (χ0) is 16.1.